The van der Waals surface area contributed by atoms with Crippen molar-refractivity contribution in [1.29, 1.82) is 0 Å². The zero-order valence-electron chi connectivity index (χ0n) is 23.0. The van der Waals surface area contributed by atoms with Crippen molar-refractivity contribution in [3.05, 3.63) is 59.9 Å². The van der Waals surface area contributed by atoms with E-state index in [0.29, 0.717) is 30.7 Å². The minimum absolute atomic E-state index is 0.0907. The lowest BCUT2D eigenvalue weighted by molar-refractivity contribution is -0.137. The van der Waals surface area contributed by atoms with E-state index in [1.165, 1.54) is 10.8 Å². The van der Waals surface area contributed by atoms with E-state index in [1.807, 2.05) is 25.7 Å². The third kappa shape index (κ3) is 7.07. The summed E-state index contributed by atoms with van der Waals surface area (Å²) < 4.78 is 7.13. The van der Waals surface area contributed by atoms with Crippen LogP contribution in [0.15, 0.2) is 48.8 Å². The van der Waals surface area contributed by atoms with Gasteiger partial charge in [-0.2, -0.15) is 0 Å². The number of nitrogens with zero attached hydrogens (tertiary/aromatic N) is 4. The number of carbonyl (C=O) groups is 3. The molecule has 1 aliphatic heterocycles. The fraction of sp³-hybridized carbons (Fsp3) is 0.448. The molecule has 10 heteroatoms. The van der Waals surface area contributed by atoms with Gasteiger partial charge in [0.05, 0.1) is 11.6 Å². The van der Waals surface area contributed by atoms with Crippen molar-refractivity contribution in [2.45, 2.75) is 58.7 Å². The number of rotatable bonds is 8. The van der Waals surface area contributed by atoms with Crippen LogP contribution >= 0.6 is 0 Å². The number of piperazine rings is 1. The molecule has 2 aromatic heterocycles. The molecule has 3 heterocycles. The normalized spacial score (nSPS) is 15.8. The molecule has 1 saturated heterocycles. The summed E-state index contributed by atoms with van der Waals surface area (Å²) in [5.74, 6) is -1.17. The number of fused-ring (bicyclic) bond motifs is 1. The minimum Gasteiger partial charge on any atom is -0.480 e. The van der Waals surface area contributed by atoms with Gasteiger partial charge in [-0.1, -0.05) is 19.1 Å². The predicted molar refractivity (Wildman–Crippen MR) is 149 cm³/mol. The van der Waals surface area contributed by atoms with Gasteiger partial charge in [0.25, 0.3) is 5.91 Å². The Hall–Kier alpha value is -4.08. The summed E-state index contributed by atoms with van der Waals surface area (Å²) in [6, 6.07) is 11.9. The molecule has 0 spiro atoms. The van der Waals surface area contributed by atoms with Crippen LogP contribution in [0.25, 0.3) is 11.0 Å². The molecule has 0 bridgehead atoms. The molecular formula is C29H37N5O5. The maximum atomic E-state index is 12.6. The van der Waals surface area contributed by atoms with Crippen molar-refractivity contribution in [2.75, 3.05) is 31.1 Å². The molecule has 2 amide bonds. The van der Waals surface area contributed by atoms with E-state index in [4.69, 9.17) is 9.84 Å². The lowest BCUT2D eigenvalue weighted by atomic mass is 10.1. The largest absolute Gasteiger partial charge is 0.480 e. The number of nitrogens with one attached hydrogen (secondary N) is 1. The van der Waals surface area contributed by atoms with Crippen molar-refractivity contribution in [3.63, 3.8) is 0 Å². The smallest absolute Gasteiger partial charge is 0.410 e. The van der Waals surface area contributed by atoms with E-state index in [2.05, 4.69) is 46.4 Å². The van der Waals surface area contributed by atoms with E-state index in [-0.39, 0.29) is 24.6 Å². The molecule has 1 fully saturated rings. The quantitative estimate of drug-likeness (QED) is 0.449. The number of carbonyl (C=O) groups excluding carboxylic acids is 2. The van der Waals surface area contributed by atoms with Gasteiger partial charge in [-0.15, -0.1) is 0 Å². The lowest BCUT2D eigenvalue weighted by Gasteiger charge is -2.42. The molecular weight excluding hydrogens is 498 g/mol. The maximum absolute atomic E-state index is 12.6. The van der Waals surface area contributed by atoms with Gasteiger partial charge in [0.1, 0.15) is 17.8 Å². The summed E-state index contributed by atoms with van der Waals surface area (Å²) in [4.78, 5) is 44.7. The number of carboxylic acid groups (broad SMARTS) is 1. The van der Waals surface area contributed by atoms with Gasteiger partial charge in [-0.25, -0.2) is 9.78 Å². The summed E-state index contributed by atoms with van der Waals surface area (Å²) in [6.45, 7) is 10.1. The van der Waals surface area contributed by atoms with Crippen molar-refractivity contribution < 1.29 is 24.2 Å². The second-order valence-corrected chi connectivity index (χ2v) is 10.8. The van der Waals surface area contributed by atoms with E-state index in [0.717, 1.165) is 36.1 Å². The van der Waals surface area contributed by atoms with Gasteiger partial charge in [-0.3, -0.25) is 9.59 Å². The molecule has 3 aromatic rings. The highest BCUT2D eigenvalue weighted by molar-refractivity contribution is 5.97. The predicted octanol–water partition coefficient (Wildman–Crippen LogP) is 3.93. The summed E-state index contributed by atoms with van der Waals surface area (Å²) >= 11 is 0. The van der Waals surface area contributed by atoms with E-state index >= 15 is 0 Å². The minimum atomic E-state index is -0.949. The van der Waals surface area contributed by atoms with Crippen LogP contribution in [0.5, 0.6) is 0 Å². The summed E-state index contributed by atoms with van der Waals surface area (Å²) in [5, 5.41) is 12.7. The van der Waals surface area contributed by atoms with Gasteiger partial charge in [-0.05, 0) is 63.4 Å². The Morgan fingerprint density at radius 1 is 1.13 bits per heavy atom. The molecule has 4 rings (SSSR count). The van der Waals surface area contributed by atoms with Gasteiger partial charge >= 0.3 is 12.1 Å². The van der Waals surface area contributed by atoms with Gasteiger partial charge in [0, 0.05) is 49.6 Å². The standard InChI is InChI=1S/C29H37N5O5/c1-5-23-18-32(14-15-34(23)28(38)39-29(2,3)4)24-8-6-20(7-9-24)10-12-30-27(37)22-16-21-11-13-33(19-25(35)36)26(21)31-17-22/h6-9,11,13,16-17,23H,5,10,12,14-15,18-19H2,1-4H3,(H,30,37)(H,35,36)/t23-/m1/s1. The van der Waals surface area contributed by atoms with Crippen LogP contribution in [0.2, 0.25) is 0 Å². The van der Waals surface area contributed by atoms with Crippen LogP contribution in [0.4, 0.5) is 10.5 Å². The number of anilines is 1. The number of carboxylic acids is 1. The third-order valence-electron chi connectivity index (χ3n) is 6.75. The van der Waals surface area contributed by atoms with Crippen LogP contribution in [0.1, 0.15) is 50.0 Å². The van der Waals surface area contributed by atoms with Crippen molar-refractivity contribution in [1.82, 2.24) is 19.8 Å². The Morgan fingerprint density at radius 2 is 1.87 bits per heavy atom. The van der Waals surface area contributed by atoms with Crippen LogP contribution < -0.4 is 10.2 Å². The third-order valence-corrected chi connectivity index (χ3v) is 6.75. The Bertz CT molecular complexity index is 1330. The fourth-order valence-corrected chi connectivity index (χ4v) is 4.77. The second-order valence-electron chi connectivity index (χ2n) is 10.8. The Balaban J connectivity index is 1.28. The first-order valence-corrected chi connectivity index (χ1v) is 13.3. The second kappa shape index (κ2) is 11.8. The highest BCUT2D eigenvalue weighted by Crippen LogP contribution is 2.23. The number of hydrogen-bond acceptors (Lipinski definition) is 6. The van der Waals surface area contributed by atoms with Crippen molar-refractivity contribution in [3.8, 4) is 0 Å². The molecule has 1 atom stereocenters. The molecule has 2 N–H and O–H groups in total. The average molecular weight is 536 g/mol. The first-order valence-electron chi connectivity index (χ1n) is 13.3. The van der Waals surface area contributed by atoms with Crippen molar-refractivity contribution in [2.24, 2.45) is 0 Å². The Kier molecular flexibility index (Phi) is 8.42. The summed E-state index contributed by atoms with van der Waals surface area (Å²) in [6.07, 6.45) is 4.40. The Morgan fingerprint density at radius 3 is 2.54 bits per heavy atom. The number of aliphatic carboxylic acids is 1. The van der Waals surface area contributed by atoms with Gasteiger partial charge in [0.15, 0.2) is 0 Å². The van der Waals surface area contributed by atoms with Crippen LogP contribution in [-0.2, 0) is 22.5 Å². The molecule has 39 heavy (non-hydrogen) atoms. The highest BCUT2D eigenvalue weighted by Gasteiger charge is 2.32. The SMILES string of the molecule is CC[C@@H]1CN(c2ccc(CCNC(=O)c3cnc4c(ccn4CC(=O)O)c3)cc2)CCN1C(=O)OC(C)(C)C. The monoisotopic (exact) mass is 535 g/mol. The van der Waals surface area contributed by atoms with E-state index in [1.54, 1.807) is 18.3 Å². The lowest BCUT2D eigenvalue weighted by Crippen LogP contribution is -2.56. The first-order chi connectivity index (χ1) is 18.5. The van der Waals surface area contributed by atoms with Crippen molar-refractivity contribution >= 4 is 34.7 Å². The van der Waals surface area contributed by atoms with Gasteiger partial charge in [0.2, 0.25) is 0 Å². The number of amides is 2. The molecule has 1 aromatic carbocycles. The average Bonchev–Trinajstić information content (AvgIpc) is 3.29. The summed E-state index contributed by atoms with van der Waals surface area (Å²) in [7, 11) is 0. The maximum Gasteiger partial charge on any atom is 0.410 e. The number of aromatic nitrogens is 2. The number of pyridine rings is 1. The molecule has 10 nitrogen and oxygen atoms in total. The van der Waals surface area contributed by atoms with Crippen LogP contribution in [0.3, 0.4) is 0 Å². The van der Waals surface area contributed by atoms with E-state index < -0.39 is 11.6 Å². The number of benzene rings is 1. The van der Waals surface area contributed by atoms with Crippen LogP contribution in [0, 0.1) is 0 Å². The molecule has 0 aliphatic carbocycles. The highest BCUT2D eigenvalue weighted by atomic mass is 16.6. The van der Waals surface area contributed by atoms with Gasteiger partial charge < -0.3 is 29.5 Å². The zero-order chi connectivity index (χ0) is 28.2. The Labute approximate surface area is 228 Å². The first kappa shape index (κ1) is 27.9. The fourth-order valence-electron chi connectivity index (χ4n) is 4.77. The number of hydrogen-bond donors (Lipinski definition) is 2. The van der Waals surface area contributed by atoms with Crippen LogP contribution in [-0.4, -0.2) is 75.3 Å². The molecule has 0 saturated carbocycles. The number of ether oxygens (including phenoxy) is 1. The summed E-state index contributed by atoms with van der Waals surface area (Å²) in [5.41, 5.74) is 2.67. The molecule has 0 unspecified atom stereocenters. The molecule has 1 aliphatic rings. The zero-order valence-corrected chi connectivity index (χ0v) is 23.0. The van der Waals surface area contributed by atoms with E-state index in [9.17, 15) is 14.4 Å². The molecule has 0 radical (unpaired) electrons. The topological polar surface area (TPSA) is 117 Å². The molecule has 208 valence electrons.